The summed E-state index contributed by atoms with van der Waals surface area (Å²) in [6.45, 7) is 5.02. The summed E-state index contributed by atoms with van der Waals surface area (Å²) in [5.74, 6) is 2.05. The largest absolute Gasteiger partial charge is 0.339 e. The van der Waals surface area contributed by atoms with Gasteiger partial charge in [0.25, 0.3) is 0 Å². The molecule has 0 aliphatic carbocycles. The minimum absolute atomic E-state index is 0.130. The zero-order valence-electron chi connectivity index (χ0n) is 15.2. The first-order chi connectivity index (χ1) is 12.9. The standard InChI is InChI=1S/C17H21N7O2S/c1-12(2)24-11-20-13-10-19-16(9-14(13)24)21-15-3-4-18-17(22-15)23-5-7-27(25,26)8-6-23/h3-4,9-12H,5-8H2,1-2H3,(H,18,19,21,22). The molecule has 4 heterocycles. The molecule has 0 spiro atoms. The number of nitrogens with zero attached hydrogens (tertiary/aromatic N) is 6. The lowest BCUT2D eigenvalue weighted by molar-refractivity contribution is 0.585. The van der Waals surface area contributed by atoms with Crippen molar-refractivity contribution in [1.29, 1.82) is 0 Å². The van der Waals surface area contributed by atoms with Crippen LogP contribution in [0, 0.1) is 0 Å². The zero-order valence-corrected chi connectivity index (χ0v) is 16.0. The molecular weight excluding hydrogens is 366 g/mol. The first-order valence-electron chi connectivity index (χ1n) is 8.79. The van der Waals surface area contributed by atoms with E-state index in [2.05, 4.69) is 43.7 Å². The number of aromatic nitrogens is 5. The fourth-order valence-corrected chi connectivity index (χ4v) is 4.23. The Morgan fingerprint density at radius 3 is 2.63 bits per heavy atom. The Kier molecular flexibility index (Phi) is 4.42. The highest BCUT2D eigenvalue weighted by Gasteiger charge is 2.23. The Hall–Kier alpha value is -2.75. The number of hydrogen-bond donors (Lipinski definition) is 1. The highest BCUT2D eigenvalue weighted by atomic mass is 32.2. The molecule has 0 bridgehead atoms. The lowest BCUT2D eigenvalue weighted by Crippen LogP contribution is -2.41. The van der Waals surface area contributed by atoms with E-state index in [4.69, 9.17) is 0 Å². The van der Waals surface area contributed by atoms with E-state index in [9.17, 15) is 8.42 Å². The molecule has 1 fully saturated rings. The molecule has 3 aromatic rings. The van der Waals surface area contributed by atoms with Crippen molar-refractivity contribution in [1.82, 2.24) is 24.5 Å². The Morgan fingerprint density at radius 2 is 1.89 bits per heavy atom. The van der Waals surface area contributed by atoms with Crippen molar-refractivity contribution in [2.75, 3.05) is 34.8 Å². The second-order valence-electron chi connectivity index (χ2n) is 6.81. The van der Waals surface area contributed by atoms with Gasteiger partial charge in [-0.25, -0.2) is 23.4 Å². The van der Waals surface area contributed by atoms with Gasteiger partial charge in [0, 0.05) is 31.4 Å². The molecule has 0 amide bonds. The molecule has 1 aliphatic rings. The van der Waals surface area contributed by atoms with E-state index in [1.54, 1.807) is 18.5 Å². The van der Waals surface area contributed by atoms with Crippen molar-refractivity contribution in [2.24, 2.45) is 0 Å². The molecular formula is C17H21N7O2S. The van der Waals surface area contributed by atoms with Crippen LogP contribution in [0.15, 0.2) is 30.9 Å². The number of nitrogens with one attached hydrogen (secondary N) is 1. The molecule has 0 atom stereocenters. The van der Waals surface area contributed by atoms with E-state index in [1.807, 2.05) is 17.3 Å². The number of pyridine rings is 1. The Labute approximate surface area is 157 Å². The van der Waals surface area contributed by atoms with Gasteiger partial charge in [0.1, 0.15) is 17.2 Å². The second-order valence-corrected chi connectivity index (χ2v) is 9.11. The predicted octanol–water partition coefficient (Wildman–Crippen LogP) is 1.78. The lowest BCUT2D eigenvalue weighted by atomic mass is 10.3. The van der Waals surface area contributed by atoms with E-state index in [-0.39, 0.29) is 11.5 Å². The smallest absolute Gasteiger partial charge is 0.227 e. The molecule has 0 radical (unpaired) electrons. The molecule has 0 aromatic carbocycles. The fraction of sp³-hybridized carbons (Fsp3) is 0.412. The van der Waals surface area contributed by atoms with Crippen LogP contribution in [0.2, 0.25) is 0 Å². The summed E-state index contributed by atoms with van der Waals surface area (Å²) in [6.07, 6.45) is 5.20. The van der Waals surface area contributed by atoms with Gasteiger partial charge < -0.3 is 14.8 Å². The van der Waals surface area contributed by atoms with E-state index in [1.165, 1.54) is 0 Å². The molecule has 1 aliphatic heterocycles. The van der Waals surface area contributed by atoms with Crippen LogP contribution in [0.1, 0.15) is 19.9 Å². The van der Waals surface area contributed by atoms with E-state index in [0.29, 0.717) is 36.7 Å². The third kappa shape index (κ3) is 3.70. The van der Waals surface area contributed by atoms with Crippen LogP contribution in [0.5, 0.6) is 0 Å². The lowest BCUT2D eigenvalue weighted by Gasteiger charge is -2.26. The van der Waals surface area contributed by atoms with Gasteiger partial charge in [-0.1, -0.05) is 0 Å². The first-order valence-corrected chi connectivity index (χ1v) is 10.6. The molecule has 0 unspecified atom stereocenters. The van der Waals surface area contributed by atoms with Crippen LogP contribution in [0.3, 0.4) is 0 Å². The summed E-state index contributed by atoms with van der Waals surface area (Å²) >= 11 is 0. The molecule has 10 heteroatoms. The van der Waals surface area contributed by atoms with Gasteiger partial charge in [-0.05, 0) is 19.9 Å². The number of anilines is 3. The molecule has 1 saturated heterocycles. The molecule has 3 aromatic heterocycles. The van der Waals surface area contributed by atoms with Crippen molar-refractivity contribution in [3.8, 4) is 0 Å². The van der Waals surface area contributed by atoms with Crippen LogP contribution < -0.4 is 10.2 Å². The minimum Gasteiger partial charge on any atom is -0.339 e. The fourth-order valence-electron chi connectivity index (χ4n) is 3.02. The summed E-state index contributed by atoms with van der Waals surface area (Å²) in [5.41, 5.74) is 1.84. The molecule has 9 nitrogen and oxygen atoms in total. The van der Waals surface area contributed by atoms with Crippen molar-refractivity contribution in [3.05, 3.63) is 30.9 Å². The van der Waals surface area contributed by atoms with Gasteiger partial charge >= 0.3 is 0 Å². The average Bonchev–Trinajstić information content (AvgIpc) is 3.05. The van der Waals surface area contributed by atoms with Crippen molar-refractivity contribution in [3.63, 3.8) is 0 Å². The van der Waals surface area contributed by atoms with Crippen LogP contribution in [-0.4, -0.2) is 57.5 Å². The van der Waals surface area contributed by atoms with Crippen LogP contribution in [0.25, 0.3) is 11.0 Å². The number of sulfone groups is 1. The van der Waals surface area contributed by atoms with Crippen LogP contribution in [0.4, 0.5) is 17.6 Å². The van der Waals surface area contributed by atoms with Gasteiger partial charge in [-0.15, -0.1) is 0 Å². The molecule has 142 valence electrons. The maximum atomic E-state index is 11.6. The number of rotatable bonds is 4. The number of fused-ring (bicyclic) bond motifs is 1. The summed E-state index contributed by atoms with van der Waals surface area (Å²) in [5, 5.41) is 3.20. The van der Waals surface area contributed by atoms with Gasteiger partial charge in [-0.3, -0.25) is 0 Å². The number of imidazole rings is 1. The molecule has 27 heavy (non-hydrogen) atoms. The summed E-state index contributed by atoms with van der Waals surface area (Å²) in [7, 11) is -2.94. The summed E-state index contributed by atoms with van der Waals surface area (Å²) in [6, 6.07) is 4.00. The van der Waals surface area contributed by atoms with Gasteiger partial charge in [0.05, 0.1) is 29.5 Å². The Bertz CT molecular complexity index is 1060. The second kappa shape index (κ2) is 6.76. The minimum atomic E-state index is -2.94. The first kappa shape index (κ1) is 17.7. The van der Waals surface area contributed by atoms with Gasteiger partial charge in [-0.2, -0.15) is 4.98 Å². The van der Waals surface area contributed by atoms with Crippen molar-refractivity contribution in [2.45, 2.75) is 19.9 Å². The summed E-state index contributed by atoms with van der Waals surface area (Å²) in [4.78, 5) is 19.4. The highest BCUT2D eigenvalue weighted by molar-refractivity contribution is 7.91. The number of hydrogen-bond acceptors (Lipinski definition) is 8. The molecule has 1 N–H and O–H groups in total. The topological polar surface area (TPSA) is 106 Å². The van der Waals surface area contributed by atoms with E-state index < -0.39 is 9.84 Å². The predicted molar refractivity (Wildman–Crippen MR) is 104 cm³/mol. The summed E-state index contributed by atoms with van der Waals surface area (Å²) < 4.78 is 25.3. The average molecular weight is 387 g/mol. The molecule has 0 saturated carbocycles. The normalized spacial score (nSPS) is 16.8. The monoisotopic (exact) mass is 387 g/mol. The highest BCUT2D eigenvalue weighted by Crippen LogP contribution is 2.22. The van der Waals surface area contributed by atoms with Crippen molar-refractivity contribution < 1.29 is 8.42 Å². The zero-order chi connectivity index (χ0) is 19.0. The van der Waals surface area contributed by atoms with Crippen molar-refractivity contribution >= 4 is 38.5 Å². The third-order valence-electron chi connectivity index (χ3n) is 4.54. The quantitative estimate of drug-likeness (QED) is 0.722. The van der Waals surface area contributed by atoms with Gasteiger partial charge in [0.2, 0.25) is 5.95 Å². The van der Waals surface area contributed by atoms with E-state index >= 15 is 0 Å². The third-order valence-corrected chi connectivity index (χ3v) is 6.15. The van der Waals surface area contributed by atoms with Gasteiger partial charge in [0.15, 0.2) is 9.84 Å². The Balaban J connectivity index is 1.56. The van der Waals surface area contributed by atoms with Crippen LogP contribution in [-0.2, 0) is 9.84 Å². The molecule has 4 rings (SSSR count). The SMILES string of the molecule is CC(C)n1cnc2cnc(Nc3ccnc(N4CCS(=O)(=O)CC4)n3)cc21. The van der Waals surface area contributed by atoms with Crippen LogP contribution >= 0.6 is 0 Å². The Morgan fingerprint density at radius 1 is 1.11 bits per heavy atom. The van der Waals surface area contributed by atoms with E-state index in [0.717, 1.165) is 11.0 Å². The maximum Gasteiger partial charge on any atom is 0.227 e. The maximum absolute atomic E-state index is 11.6.